The van der Waals surface area contributed by atoms with E-state index in [9.17, 15) is 0 Å². The van der Waals surface area contributed by atoms with E-state index in [0.717, 1.165) is 24.9 Å². The summed E-state index contributed by atoms with van der Waals surface area (Å²) >= 11 is 0. The van der Waals surface area contributed by atoms with Crippen molar-refractivity contribution in [3.63, 3.8) is 0 Å². The molecule has 0 atom stereocenters. The highest BCUT2D eigenvalue weighted by atomic mass is 15.3. The lowest BCUT2D eigenvalue weighted by atomic mass is 10.3. The number of nitrogens with one attached hydrogen (secondary N) is 2. The summed E-state index contributed by atoms with van der Waals surface area (Å²) in [6.07, 6.45) is 1.55. The number of aryl methyl sites for hydroxylation is 1. The van der Waals surface area contributed by atoms with Gasteiger partial charge in [-0.3, -0.25) is 9.67 Å². The van der Waals surface area contributed by atoms with E-state index in [1.54, 1.807) is 18.1 Å². The Kier molecular flexibility index (Phi) is 6.27. The van der Waals surface area contributed by atoms with E-state index in [1.165, 1.54) is 0 Å². The minimum atomic E-state index is 0.551. The molecule has 0 bridgehead atoms. The molecule has 0 saturated carbocycles. The molecule has 1 heterocycles. The Hall–Kier alpha value is -1.63. The van der Waals surface area contributed by atoms with Gasteiger partial charge in [0, 0.05) is 33.2 Å². The summed E-state index contributed by atoms with van der Waals surface area (Å²) in [6, 6.07) is 0.551. The third kappa shape index (κ3) is 5.25. The lowest BCUT2D eigenvalue weighted by Crippen LogP contribution is -2.42. The molecule has 1 aromatic rings. The molecule has 7 nitrogen and oxygen atoms in total. The Balaban J connectivity index is 2.29. The first-order valence-electron chi connectivity index (χ1n) is 6.52. The van der Waals surface area contributed by atoms with E-state index in [2.05, 4.69) is 51.5 Å². The maximum Gasteiger partial charge on any atom is 0.191 e. The lowest BCUT2D eigenvalue weighted by molar-refractivity contribution is 0.278. The first-order chi connectivity index (χ1) is 9.04. The molecule has 1 rings (SSSR count). The summed E-state index contributed by atoms with van der Waals surface area (Å²) < 4.78 is 1.74. The van der Waals surface area contributed by atoms with Gasteiger partial charge < -0.3 is 15.5 Å². The first-order valence-corrected chi connectivity index (χ1v) is 6.52. The Morgan fingerprint density at radius 2 is 2.21 bits per heavy atom. The van der Waals surface area contributed by atoms with Crippen LogP contribution in [0.4, 0.5) is 0 Å². The number of aliphatic imine (C=N–C) groups is 1. The fourth-order valence-corrected chi connectivity index (χ4v) is 1.47. The van der Waals surface area contributed by atoms with E-state index in [0.29, 0.717) is 12.6 Å². The third-order valence-electron chi connectivity index (χ3n) is 3.08. The SMILES string of the molecule is CN=C(NCCN(C)C(C)C)NCc1ncnn1C. The fourth-order valence-electron chi connectivity index (χ4n) is 1.47. The van der Waals surface area contributed by atoms with Crippen LogP contribution in [0.5, 0.6) is 0 Å². The standard InChI is InChI=1S/C12H25N7/c1-10(2)18(4)7-6-14-12(13-3)15-8-11-16-9-17-19(11)5/h9-10H,6-8H2,1-5H3,(H2,13,14,15). The summed E-state index contributed by atoms with van der Waals surface area (Å²) in [4.78, 5) is 10.6. The zero-order valence-corrected chi connectivity index (χ0v) is 12.5. The number of likely N-dealkylation sites (N-methyl/N-ethyl adjacent to an activating group) is 1. The molecule has 0 fully saturated rings. The first kappa shape index (κ1) is 15.4. The zero-order valence-electron chi connectivity index (χ0n) is 12.5. The van der Waals surface area contributed by atoms with Crippen LogP contribution in [0.1, 0.15) is 19.7 Å². The molecule has 0 aliphatic carbocycles. The van der Waals surface area contributed by atoms with Crippen molar-refractivity contribution < 1.29 is 0 Å². The second-order valence-corrected chi connectivity index (χ2v) is 4.73. The van der Waals surface area contributed by atoms with Gasteiger partial charge in [-0.25, -0.2) is 4.98 Å². The molecule has 0 spiro atoms. The zero-order chi connectivity index (χ0) is 14.3. The van der Waals surface area contributed by atoms with Crippen LogP contribution in [0.2, 0.25) is 0 Å². The lowest BCUT2D eigenvalue weighted by Gasteiger charge is -2.21. The maximum atomic E-state index is 4.18. The van der Waals surface area contributed by atoms with Crippen LogP contribution in [0.15, 0.2) is 11.3 Å². The summed E-state index contributed by atoms with van der Waals surface area (Å²) in [7, 11) is 5.75. The average Bonchev–Trinajstić information content (AvgIpc) is 2.78. The minimum absolute atomic E-state index is 0.551. The van der Waals surface area contributed by atoms with Gasteiger partial charge in [0.25, 0.3) is 0 Å². The monoisotopic (exact) mass is 267 g/mol. The molecule has 1 aromatic heterocycles. The topological polar surface area (TPSA) is 70.4 Å². The van der Waals surface area contributed by atoms with Crippen LogP contribution in [0.3, 0.4) is 0 Å². The van der Waals surface area contributed by atoms with Crippen LogP contribution in [-0.4, -0.2) is 58.9 Å². The molecule has 19 heavy (non-hydrogen) atoms. The van der Waals surface area contributed by atoms with Crippen LogP contribution in [0, 0.1) is 0 Å². The Labute approximate surface area is 115 Å². The fraction of sp³-hybridized carbons (Fsp3) is 0.750. The van der Waals surface area contributed by atoms with Crippen LogP contribution < -0.4 is 10.6 Å². The largest absolute Gasteiger partial charge is 0.355 e. The van der Waals surface area contributed by atoms with Crippen molar-refractivity contribution in [2.45, 2.75) is 26.4 Å². The molecular weight excluding hydrogens is 242 g/mol. The van der Waals surface area contributed by atoms with Crippen molar-refractivity contribution in [3.05, 3.63) is 12.2 Å². The normalized spacial score (nSPS) is 12.3. The van der Waals surface area contributed by atoms with Crippen LogP contribution in [0.25, 0.3) is 0 Å². The van der Waals surface area contributed by atoms with Crippen molar-refractivity contribution in [2.24, 2.45) is 12.0 Å². The number of hydrogen-bond acceptors (Lipinski definition) is 4. The smallest absolute Gasteiger partial charge is 0.191 e. The second kappa shape index (κ2) is 7.73. The van der Waals surface area contributed by atoms with Gasteiger partial charge >= 0.3 is 0 Å². The Morgan fingerprint density at radius 1 is 1.47 bits per heavy atom. The number of aromatic nitrogens is 3. The average molecular weight is 267 g/mol. The predicted molar refractivity (Wildman–Crippen MR) is 77.0 cm³/mol. The predicted octanol–water partition coefficient (Wildman–Crippen LogP) is -0.180. The minimum Gasteiger partial charge on any atom is -0.355 e. The second-order valence-electron chi connectivity index (χ2n) is 4.73. The number of rotatable bonds is 6. The maximum absolute atomic E-state index is 4.18. The van der Waals surface area contributed by atoms with E-state index >= 15 is 0 Å². The van der Waals surface area contributed by atoms with E-state index < -0.39 is 0 Å². The molecule has 0 radical (unpaired) electrons. The molecule has 0 saturated heterocycles. The van der Waals surface area contributed by atoms with Gasteiger partial charge in [0.2, 0.25) is 0 Å². The summed E-state index contributed by atoms with van der Waals surface area (Å²) in [6.45, 7) is 6.80. The highest BCUT2D eigenvalue weighted by Gasteiger charge is 2.04. The van der Waals surface area contributed by atoms with Gasteiger partial charge in [0.15, 0.2) is 5.96 Å². The summed E-state index contributed by atoms with van der Waals surface area (Å²) in [5.74, 6) is 1.66. The molecule has 2 N–H and O–H groups in total. The highest BCUT2D eigenvalue weighted by molar-refractivity contribution is 5.79. The van der Waals surface area contributed by atoms with Gasteiger partial charge in [-0.15, -0.1) is 0 Å². The molecule has 0 aliphatic heterocycles. The quantitative estimate of drug-likeness (QED) is 0.553. The van der Waals surface area contributed by atoms with Gasteiger partial charge in [0.05, 0.1) is 6.54 Å². The van der Waals surface area contributed by atoms with Crippen molar-refractivity contribution in [3.8, 4) is 0 Å². The molecule has 0 amide bonds. The summed E-state index contributed by atoms with van der Waals surface area (Å²) in [5, 5.41) is 10.5. The third-order valence-corrected chi connectivity index (χ3v) is 3.08. The number of hydrogen-bond donors (Lipinski definition) is 2. The van der Waals surface area contributed by atoms with E-state index in [4.69, 9.17) is 0 Å². The van der Waals surface area contributed by atoms with Gasteiger partial charge in [-0.05, 0) is 20.9 Å². The van der Waals surface area contributed by atoms with Gasteiger partial charge in [0.1, 0.15) is 12.2 Å². The van der Waals surface area contributed by atoms with Gasteiger partial charge in [-0.2, -0.15) is 5.10 Å². The molecule has 0 aromatic carbocycles. The molecule has 0 unspecified atom stereocenters. The molecule has 7 heteroatoms. The van der Waals surface area contributed by atoms with Crippen molar-refractivity contribution in [1.29, 1.82) is 0 Å². The summed E-state index contributed by atoms with van der Waals surface area (Å²) in [5.41, 5.74) is 0. The number of nitrogens with zero attached hydrogens (tertiary/aromatic N) is 5. The van der Waals surface area contributed by atoms with E-state index in [-0.39, 0.29) is 0 Å². The molecular formula is C12H25N7. The van der Waals surface area contributed by atoms with Crippen LogP contribution >= 0.6 is 0 Å². The van der Waals surface area contributed by atoms with Crippen molar-refractivity contribution in [1.82, 2.24) is 30.3 Å². The molecule has 0 aliphatic rings. The van der Waals surface area contributed by atoms with Gasteiger partial charge in [-0.1, -0.05) is 0 Å². The van der Waals surface area contributed by atoms with Crippen molar-refractivity contribution >= 4 is 5.96 Å². The van der Waals surface area contributed by atoms with E-state index in [1.807, 2.05) is 7.05 Å². The van der Waals surface area contributed by atoms with Crippen LogP contribution in [-0.2, 0) is 13.6 Å². The van der Waals surface area contributed by atoms with Crippen molar-refractivity contribution in [2.75, 3.05) is 27.2 Å². The molecule has 108 valence electrons. The number of guanidine groups is 1. The Morgan fingerprint density at radius 3 is 2.74 bits per heavy atom. The highest BCUT2D eigenvalue weighted by Crippen LogP contribution is 1.91. The Bertz CT molecular complexity index is 397.